The molecule has 3 aromatic rings. The zero-order valence-corrected chi connectivity index (χ0v) is 13.9. The molecule has 0 amide bonds. The highest BCUT2D eigenvalue weighted by atomic mass is 32.1. The second-order valence-corrected chi connectivity index (χ2v) is 6.52. The van der Waals surface area contributed by atoms with Crippen molar-refractivity contribution in [2.75, 3.05) is 0 Å². The number of benzene rings is 1. The molecule has 1 aromatic carbocycles. The Morgan fingerprint density at radius 3 is 2.48 bits per heavy atom. The molecule has 0 aliphatic rings. The van der Waals surface area contributed by atoms with Crippen molar-refractivity contribution in [1.29, 1.82) is 0 Å². The van der Waals surface area contributed by atoms with Crippen molar-refractivity contribution in [2.45, 2.75) is 27.2 Å². The van der Waals surface area contributed by atoms with Gasteiger partial charge in [-0.2, -0.15) is 0 Å². The van der Waals surface area contributed by atoms with Crippen LogP contribution < -0.4 is 0 Å². The first kappa shape index (κ1) is 15.4. The third-order valence-corrected chi connectivity index (χ3v) is 4.74. The Morgan fingerprint density at radius 2 is 1.91 bits per heavy atom. The van der Waals surface area contributed by atoms with Crippen LogP contribution in [0.3, 0.4) is 0 Å². The Labute approximate surface area is 137 Å². The molecule has 5 nitrogen and oxygen atoms in total. The van der Waals surface area contributed by atoms with Crippen LogP contribution in [0.5, 0.6) is 0 Å². The van der Waals surface area contributed by atoms with Crippen molar-refractivity contribution in [2.24, 2.45) is 0 Å². The number of hydrogen-bond donors (Lipinski definition) is 1. The van der Waals surface area contributed by atoms with Crippen LogP contribution in [0.2, 0.25) is 0 Å². The normalized spacial score (nSPS) is 10.9. The summed E-state index contributed by atoms with van der Waals surface area (Å²) in [7, 11) is 0. The first-order valence-electron chi connectivity index (χ1n) is 7.17. The van der Waals surface area contributed by atoms with Crippen LogP contribution in [0.25, 0.3) is 11.3 Å². The minimum atomic E-state index is -0.955. The third-order valence-electron chi connectivity index (χ3n) is 3.70. The van der Waals surface area contributed by atoms with Gasteiger partial charge >= 0.3 is 5.97 Å². The fourth-order valence-electron chi connectivity index (χ4n) is 2.40. The van der Waals surface area contributed by atoms with Gasteiger partial charge in [0, 0.05) is 17.5 Å². The number of carboxylic acid groups (broad SMARTS) is 1. The van der Waals surface area contributed by atoms with E-state index in [1.807, 2.05) is 45.0 Å². The van der Waals surface area contributed by atoms with Gasteiger partial charge in [-0.25, -0.2) is 9.78 Å². The average molecular weight is 328 g/mol. The Morgan fingerprint density at radius 1 is 1.22 bits per heavy atom. The monoisotopic (exact) mass is 328 g/mol. The molecule has 1 N–H and O–H groups in total. The predicted octanol–water partition coefficient (Wildman–Crippen LogP) is 4.01. The van der Waals surface area contributed by atoms with E-state index in [4.69, 9.17) is 4.52 Å². The molecule has 2 heterocycles. The SMILES string of the molecule is Cc1ccc(-c2nc(Cc3c(C)noc3C)sc2C(=O)O)cc1. The van der Waals surface area contributed by atoms with Crippen LogP contribution in [-0.2, 0) is 6.42 Å². The molecule has 23 heavy (non-hydrogen) atoms. The summed E-state index contributed by atoms with van der Waals surface area (Å²) in [6, 6.07) is 7.70. The van der Waals surface area contributed by atoms with E-state index in [0.29, 0.717) is 12.1 Å². The Hall–Kier alpha value is -2.47. The zero-order chi connectivity index (χ0) is 16.6. The maximum atomic E-state index is 11.6. The molecule has 0 radical (unpaired) electrons. The first-order valence-corrected chi connectivity index (χ1v) is 7.99. The molecule has 0 bridgehead atoms. The van der Waals surface area contributed by atoms with Gasteiger partial charge in [-0.15, -0.1) is 11.3 Å². The number of carboxylic acids is 1. The average Bonchev–Trinajstić information content (AvgIpc) is 3.07. The fourth-order valence-corrected chi connectivity index (χ4v) is 3.33. The van der Waals surface area contributed by atoms with Crippen molar-refractivity contribution < 1.29 is 14.4 Å². The summed E-state index contributed by atoms with van der Waals surface area (Å²) < 4.78 is 5.16. The summed E-state index contributed by atoms with van der Waals surface area (Å²) in [6.07, 6.45) is 0.526. The lowest BCUT2D eigenvalue weighted by molar-refractivity contribution is 0.0702. The lowest BCUT2D eigenvalue weighted by atomic mass is 10.1. The number of nitrogens with zero attached hydrogens (tertiary/aromatic N) is 2. The van der Waals surface area contributed by atoms with Gasteiger partial charge in [-0.05, 0) is 20.8 Å². The minimum Gasteiger partial charge on any atom is -0.477 e. The summed E-state index contributed by atoms with van der Waals surface area (Å²) in [6.45, 7) is 5.71. The molecule has 0 fully saturated rings. The van der Waals surface area contributed by atoms with Crippen molar-refractivity contribution in [3.63, 3.8) is 0 Å². The summed E-state index contributed by atoms with van der Waals surface area (Å²) in [4.78, 5) is 16.4. The maximum Gasteiger partial charge on any atom is 0.348 e. The molecule has 0 saturated heterocycles. The van der Waals surface area contributed by atoms with E-state index in [1.54, 1.807) is 0 Å². The van der Waals surface area contributed by atoms with Gasteiger partial charge < -0.3 is 9.63 Å². The Balaban J connectivity index is 2.02. The molecule has 6 heteroatoms. The van der Waals surface area contributed by atoms with E-state index in [2.05, 4.69) is 10.1 Å². The highest BCUT2D eigenvalue weighted by Crippen LogP contribution is 2.30. The largest absolute Gasteiger partial charge is 0.477 e. The second-order valence-electron chi connectivity index (χ2n) is 5.44. The summed E-state index contributed by atoms with van der Waals surface area (Å²) in [5, 5.41) is 14.1. The second kappa shape index (κ2) is 5.96. The van der Waals surface area contributed by atoms with Crippen LogP contribution >= 0.6 is 11.3 Å². The number of hydrogen-bond acceptors (Lipinski definition) is 5. The number of aromatic nitrogens is 2. The molecule has 3 rings (SSSR count). The van der Waals surface area contributed by atoms with E-state index >= 15 is 0 Å². The zero-order valence-electron chi connectivity index (χ0n) is 13.1. The molecule has 0 aliphatic heterocycles. The van der Waals surface area contributed by atoms with E-state index in [9.17, 15) is 9.90 Å². The molecule has 0 spiro atoms. The summed E-state index contributed by atoms with van der Waals surface area (Å²) in [5.41, 5.74) is 4.23. The van der Waals surface area contributed by atoms with Gasteiger partial charge in [-0.1, -0.05) is 35.0 Å². The van der Waals surface area contributed by atoms with Crippen molar-refractivity contribution >= 4 is 17.3 Å². The molecule has 2 aromatic heterocycles. The summed E-state index contributed by atoms with van der Waals surface area (Å²) >= 11 is 1.20. The molecule has 0 saturated carbocycles. The van der Waals surface area contributed by atoms with E-state index in [1.165, 1.54) is 11.3 Å². The van der Waals surface area contributed by atoms with Crippen molar-refractivity contribution in [1.82, 2.24) is 10.1 Å². The number of carbonyl (C=O) groups is 1. The lowest BCUT2D eigenvalue weighted by Crippen LogP contribution is -1.95. The molecule has 118 valence electrons. The third kappa shape index (κ3) is 3.03. The van der Waals surface area contributed by atoms with E-state index in [-0.39, 0.29) is 4.88 Å². The van der Waals surface area contributed by atoms with Crippen LogP contribution in [0.15, 0.2) is 28.8 Å². The quantitative estimate of drug-likeness (QED) is 0.783. The van der Waals surface area contributed by atoms with Crippen LogP contribution in [0.1, 0.15) is 37.3 Å². The van der Waals surface area contributed by atoms with Crippen molar-refractivity contribution in [3.8, 4) is 11.3 Å². The molecular weight excluding hydrogens is 312 g/mol. The fraction of sp³-hybridized carbons (Fsp3) is 0.235. The number of rotatable bonds is 4. The predicted molar refractivity (Wildman–Crippen MR) is 88.0 cm³/mol. The minimum absolute atomic E-state index is 0.260. The molecule has 0 unspecified atom stereocenters. The van der Waals surface area contributed by atoms with Crippen LogP contribution in [-0.4, -0.2) is 21.2 Å². The lowest BCUT2D eigenvalue weighted by Gasteiger charge is -1.99. The van der Waals surface area contributed by atoms with Gasteiger partial charge in [0.15, 0.2) is 0 Å². The molecule has 0 atom stereocenters. The van der Waals surface area contributed by atoms with Gasteiger partial charge in [0.05, 0.1) is 16.4 Å². The highest BCUT2D eigenvalue weighted by molar-refractivity contribution is 7.14. The van der Waals surface area contributed by atoms with Gasteiger partial charge in [0.1, 0.15) is 10.6 Å². The van der Waals surface area contributed by atoms with E-state index in [0.717, 1.165) is 33.2 Å². The van der Waals surface area contributed by atoms with E-state index < -0.39 is 5.97 Å². The standard InChI is InChI=1S/C17H16N2O3S/c1-9-4-6-12(7-5-9)15-16(17(20)21)23-14(18-15)8-13-10(2)19-22-11(13)3/h4-7H,8H2,1-3H3,(H,20,21). The van der Waals surface area contributed by atoms with Gasteiger partial charge in [0.25, 0.3) is 0 Å². The Kier molecular flexibility index (Phi) is 4.00. The molecule has 0 aliphatic carbocycles. The van der Waals surface area contributed by atoms with Gasteiger partial charge in [-0.3, -0.25) is 0 Å². The number of aryl methyl sites for hydroxylation is 3. The smallest absolute Gasteiger partial charge is 0.348 e. The van der Waals surface area contributed by atoms with Gasteiger partial charge in [0.2, 0.25) is 0 Å². The van der Waals surface area contributed by atoms with Crippen LogP contribution in [0, 0.1) is 20.8 Å². The maximum absolute atomic E-state index is 11.6. The molecular formula is C17H16N2O3S. The highest BCUT2D eigenvalue weighted by Gasteiger charge is 2.20. The van der Waals surface area contributed by atoms with Crippen LogP contribution in [0.4, 0.5) is 0 Å². The number of aromatic carboxylic acids is 1. The van der Waals surface area contributed by atoms with Crippen molar-refractivity contribution in [3.05, 3.63) is 56.7 Å². The number of thiazole rings is 1. The summed E-state index contributed by atoms with van der Waals surface area (Å²) in [5.74, 6) is -0.213. The first-order chi connectivity index (χ1) is 11.0. The topological polar surface area (TPSA) is 76.2 Å². The Bertz CT molecular complexity index is 843.